The van der Waals surface area contributed by atoms with Crippen molar-refractivity contribution in [1.29, 1.82) is 0 Å². The summed E-state index contributed by atoms with van der Waals surface area (Å²) >= 11 is 0. The van der Waals surface area contributed by atoms with Gasteiger partial charge in [0.15, 0.2) is 0 Å². The number of nitrogens with zero attached hydrogens (tertiary/aromatic N) is 1. The number of nitrogens with two attached hydrogens (primary N) is 1. The van der Waals surface area contributed by atoms with Crippen LogP contribution in [0.25, 0.3) is 0 Å². The predicted molar refractivity (Wildman–Crippen MR) is 45.9 cm³/mol. The summed E-state index contributed by atoms with van der Waals surface area (Å²) < 4.78 is 0. The summed E-state index contributed by atoms with van der Waals surface area (Å²) in [5.41, 5.74) is 6.91. The van der Waals surface area contributed by atoms with Crippen molar-refractivity contribution in [3.63, 3.8) is 0 Å². The number of allylic oxidation sites excluding steroid dienone is 1. The first-order valence-electron chi connectivity index (χ1n) is 3.67. The molecule has 0 saturated carbocycles. The highest BCUT2D eigenvalue weighted by Crippen LogP contribution is 2.03. The maximum Gasteiger partial charge on any atom is 0.250 e. The van der Waals surface area contributed by atoms with E-state index in [1.54, 1.807) is 21.0 Å². The molecule has 0 unspecified atom stereocenters. The van der Waals surface area contributed by atoms with Gasteiger partial charge >= 0.3 is 0 Å². The summed E-state index contributed by atoms with van der Waals surface area (Å²) in [6.07, 6.45) is 0.728. The molecule has 0 aromatic rings. The molecule has 0 rings (SSSR count). The monoisotopic (exact) mass is 156 g/mol. The Hall–Kier alpha value is -0.990. The second kappa shape index (κ2) is 4.01. The molecule has 1 amide bonds. The van der Waals surface area contributed by atoms with E-state index in [2.05, 4.69) is 0 Å². The molecule has 11 heavy (non-hydrogen) atoms. The van der Waals surface area contributed by atoms with Gasteiger partial charge in [-0.2, -0.15) is 0 Å². The van der Waals surface area contributed by atoms with E-state index in [-0.39, 0.29) is 5.91 Å². The van der Waals surface area contributed by atoms with E-state index in [0.29, 0.717) is 11.3 Å². The topological polar surface area (TPSA) is 46.3 Å². The third-order valence-electron chi connectivity index (χ3n) is 1.59. The number of hydrogen-bond donors (Lipinski definition) is 1. The molecule has 0 aromatic carbocycles. The molecule has 0 atom stereocenters. The zero-order valence-corrected chi connectivity index (χ0v) is 7.64. The molecule has 0 heterocycles. The summed E-state index contributed by atoms with van der Waals surface area (Å²) in [5, 5.41) is 0. The van der Waals surface area contributed by atoms with Gasteiger partial charge in [0, 0.05) is 25.4 Å². The highest BCUT2D eigenvalue weighted by Gasteiger charge is 2.08. The van der Waals surface area contributed by atoms with Gasteiger partial charge in [-0.3, -0.25) is 4.79 Å². The van der Waals surface area contributed by atoms with Crippen LogP contribution in [0.5, 0.6) is 0 Å². The Balaban J connectivity index is 4.47. The number of likely N-dealkylation sites (N-methyl/N-ethyl adjacent to an activating group) is 1. The van der Waals surface area contributed by atoms with Gasteiger partial charge in [0.2, 0.25) is 0 Å². The lowest BCUT2D eigenvalue weighted by molar-refractivity contribution is -0.124. The predicted octanol–water partition coefficient (Wildman–Crippen LogP) is 0.717. The van der Waals surface area contributed by atoms with Gasteiger partial charge in [-0.25, -0.2) is 0 Å². The Kier molecular flexibility index (Phi) is 3.65. The van der Waals surface area contributed by atoms with Crippen molar-refractivity contribution in [3.8, 4) is 0 Å². The molecule has 0 spiro atoms. The minimum absolute atomic E-state index is 0.00986. The highest BCUT2D eigenvalue weighted by molar-refractivity contribution is 5.93. The number of carbonyl (C=O) groups excluding carboxylic acids is 1. The molecule has 0 aliphatic carbocycles. The minimum Gasteiger partial charge on any atom is -0.402 e. The van der Waals surface area contributed by atoms with Crippen molar-refractivity contribution >= 4 is 5.91 Å². The van der Waals surface area contributed by atoms with Gasteiger partial charge in [0.1, 0.15) is 0 Å². The number of amides is 1. The van der Waals surface area contributed by atoms with Crippen molar-refractivity contribution in [3.05, 3.63) is 11.3 Å². The Morgan fingerprint density at radius 3 is 2.18 bits per heavy atom. The normalized spacial score (nSPS) is 12.4. The zero-order chi connectivity index (χ0) is 9.02. The quantitative estimate of drug-likeness (QED) is 0.599. The lowest BCUT2D eigenvalue weighted by atomic mass is 10.2. The van der Waals surface area contributed by atoms with Gasteiger partial charge in [0.25, 0.3) is 5.91 Å². The van der Waals surface area contributed by atoms with Crippen molar-refractivity contribution < 1.29 is 4.79 Å². The summed E-state index contributed by atoms with van der Waals surface area (Å²) in [4.78, 5) is 12.8. The summed E-state index contributed by atoms with van der Waals surface area (Å²) in [5.74, 6) is -0.00986. The van der Waals surface area contributed by atoms with Gasteiger partial charge in [0.05, 0.1) is 0 Å². The first-order valence-corrected chi connectivity index (χ1v) is 3.67. The largest absolute Gasteiger partial charge is 0.402 e. The van der Waals surface area contributed by atoms with Crippen molar-refractivity contribution in [2.45, 2.75) is 20.3 Å². The van der Waals surface area contributed by atoms with Crippen LogP contribution in [0.4, 0.5) is 0 Å². The fraction of sp³-hybridized carbons (Fsp3) is 0.625. The van der Waals surface area contributed by atoms with Gasteiger partial charge in [-0.1, -0.05) is 6.92 Å². The lowest BCUT2D eigenvalue weighted by Crippen LogP contribution is -2.24. The molecule has 0 fully saturated rings. The minimum atomic E-state index is -0.00986. The Bertz CT molecular complexity index is 183. The molecule has 3 heteroatoms. The van der Waals surface area contributed by atoms with Crippen LogP contribution < -0.4 is 5.73 Å². The fourth-order valence-corrected chi connectivity index (χ4v) is 0.738. The molecule has 0 aliphatic heterocycles. The highest BCUT2D eigenvalue weighted by atomic mass is 16.2. The number of rotatable bonds is 2. The lowest BCUT2D eigenvalue weighted by Gasteiger charge is -2.11. The Morgan fingerprint density at radius 1 is 1.45 bits per heavy atom. The van der Waals surface area contributed by atoms with Crippen LogP contribution >= 0.6 is 0 Å². The van der Waals surface area contributed by atoms with E-state index >= 15 is 0 Å². The van der Waals surface area contributed by atoms with Crippen LogP contribution in [0.1, 0.15) is 20.3 Å². The van der Waals surface area contributed by atoms with Gasteiger partial charge < -0.3 is 10.6 Å². The SMILES string of the molecule is CCC(N)=C(C)C(=O)N(C)C. The van der Waals surface area contributed by atoms with E-state index in [1.807, 2.05) is 6.92 Å². The average Bonchev–Trinajstić information content (AvgIpc) is 2.00. The van der Waals surface area contributed by atoms with E-state index in [9.17, 15) is 4.79 Å². The molecular formula is C8H16N2O. The standard InChI is InChI=1S/C8H16N2O/c1-5-7(9)6(2)8(11)10(3)4/h5,9H2,1-4H3. The summed E-state index contributed by atoms with van der Waals surface area (Å²) in [6.45, 7) is 3.68. The van der Waals surface area contributed by atoms with Crippen LogP contribution in [-0.2, 0) is 4.79 Å². The zero-order valence-electron chi connectivity index (χ0n) is 7.64. The second-order valence-corrected chi connectivity index (χ2v) is 2.70. The van der Waals surface area contributed by atoms with Crippen LogP contribution in [0.15, 0.2) is 11.3 Å². The number of carbonyl (C=O) groups is 1. The van der Waals surface area contributed by atoms with E-state index in [1.165, 1.54) is 4.90 Å². The maximum absolute atomic E-state index is 11.2. The van der Waals surface area contributed by atoms with Crippen LogP contribution in [0.2, 0.25) is 0 Å². The summed E-state index contributed by atoms with van der Waals surface area (Å²) in [6, 6.07) is 0. The molecule has 0 radical (unpaired) electrons. The molecule has 0 saturated heterocycles. The molecular weight excluding hydrogens is 140 g/mol. The molecule has 0 bridgehead atoms. The second-order valence-electron chi connectivity index (χ2n) is 2.70. The first kappa shape index (κ1) is 10.0. The maximum atomic E-state index is 11.2. The number of hydrogen-bond acceptors (Lipinski definition) is 2. The van der Waals surface area contributed by atoms with Crippen molar-refractivity contribution in [1.82, 2.24) is 4.90 Å². The van der Waals surface area contributed by atoms with Crippen molar-refractivity contribution in [2.24, 2.45) is 5.73 Å². The molecule has 2 N–H and O–H groups in total. The van der Waals surface area contributed by atoms with Crippen LogP contribution in [-0.4, -0.2) is 24.9 Å². The van der Waals surface area contributed by atoms with Crippen LogP contribution in [0, 0.1) is 0 Å². The third kappa shape index (κ3) is 2.62. The van der Waals surface area contributed by atoms with Crippen molar-refractivity contribution in [2.75, 3.05) is 14.1 Å². The van der Waals surface area contributed by atoms with Gasteiger partial charge in [-0.15, -0.1) is 0 Å². The Labute approximate surface area is 67.9 Å². The smallest absolute Gasteiger partial charge is 0.250 e. The molecule has 0 aromatic heterocycles. The van der Waals surface area contributed by atoms with Gasteiger partial charge in [-0.05, 0) is 13.3 Å². The molecule has 3 nitrogen and oxygen atoms in total. The van der Waals surface area contributed by atoms with E-state index in [0.717, 1.165) is 6.42 Å². The molecule has 0 aliphatic rings. The molecule has 64 valence electrons. The van der Waals surface area contributed by atoms with Crippen LogP contribution in [0.3, 0.4) is 0 Å². The fourth-order valence-electron chi connectivity index (χ4n) is 0.738. The average molecular weight is 156 g/mol. The third-order valence-corrected chi connectivity index (χ3v) is 1.59. The van der Waals surface area contributed by atoms with E-state index in [4.69, 9.17) is 5.73 Å². The van der Waals surface area contributed by atoms with E-state index < -0.39 is 0 Å². The first-order chi connectivity index (χ1) is 5.00. The summed E-state index contributed by atoms with van der Waals surface area (Å²) in [7, 11) is 3.43. The Morgan fingerprint density at radius 2 is 1.91 bits per heavy atom.